The molecule has 0 aliphatic heterocycles. The minimum Gasteiger partial charge on any atom is -0.492 e. The normalized spacial score (nSPS) is 11.2. The van der Waals surface area contributed by atoms with Crippen molar-refractivity contribution in [3.05, 3.63) is 48.0 Å². The quantitative estimate of drug-likeness (QED) is 0.846. The molecule has 0 aliphatic rings. The Balaban J connectivity index is 2.38. The maximum atomic E-state index is 12.9. The molecule has 0 amide bonds. The fourth-order valence-corrected chi connectivity index (χ4v) is 1.80. The summed E-state index contributed by atoms with van der Waals surface area (Å²) in [6.07, 6.45) is -4.50. The molecule has 0 bridgehead atoms. The molecule has 0 fully saturated rings. The molecule has 0 spiro atoms. The monoisotopic (exact) mass is 297 g/mol. The van der Waals surface area contributed by atoms with Crippen LogP contribution in [0.25, 0.3) is 0 Å². The van der Waals surface area contributed by atoms with Gasteiger partial charge in [-0.25, -0.2) is 0 Å². The lowest BCUT2D eigenvalue weighted by atomic mass is 10.2. The van der Waals surface area contributed by atoms with Crippen LogP contribution in [0.4, 0.5) is 18.9 Å². The average Bonchev–Trinajstić information content (AvgIpc) is 2.43. The van der Waals surface area contributed by atoms with Gasteiger partial charge in [0, 0.05) is 0 Å². The van der Waals surface area contributed by atoms with Crippen molar-refractivity contribution in [2.75, 3.05) is 12.3 Å². The molecule has 2 N–H and O–H groups in total. The van der Waals surface area contributed by atoms with E-state index in [0.717, 1.165) is 6.07 Å². The number of hydrogen-bond donors (Lipinski definition) is 1. The second kappa shape index (κ2) is 5.95. The zero-order valence-corrected chi connectivity index (χ0v) is 11.3. The van der Waals surface area contributed by atoms with Gasteiger partial charge in [-0.2, -0.15) is 13.2 Å². The van der Waals surface area contributed by atoms with Gasteiger partial charge in [-0.15, -0.1) is 0 Å². The Kier molecular flexibility index (Phi) is 4.26. The van der Waals surface area contributed by atoms with Crippen LogP contribution in [0, 0.1) is 0 Å². The fourth-order valence-electron chi connectivity index (χ4n) is 1.80. The standard InChI is InChI=1S/C15H14F3NO2/c1-2-20-12-8-5-9-13(14(12)19)21-11-7-4-3-6-10(11)15(16,17)18/h3-9H,2,19H2,1H3. The lowest BCUT2D eigenvalue weighted by Gasteiger charge is -2.15. The summed E-state index contributed by atoms with van der Waals surface area (Å²) >= 11 is 0. The van der Waals surface area contributed by atoms with Gasteiger partial charge in [0.1, 0.15) is 17.2 Å². The number of halogens is 3. The van der Waals surface area contributed by atoms with Crippen molar-refractivity contribution < 1.29 is 22.6 Å². The van der Waals surface area contributed by atoms with E-state index in [4.69, 9.17) is 15.2 Å². The summed E-state index contributed by atoms with van der Waals surface area (Å²) in [5.41, 5.74) is 5.15. The van der Waals surface area contributed by atoms with Crippen molar-refractivity contribution in [2.24, 2.45) is 0 Å². The van der Waals surface area contributed by atoms with Gasteiger partial charge in [0.25, 0.3) is 0 Å². The summed E-state index contributed by atoms with van der Waals surface area (Å²) in [4.78, 5) is 0. The van der Waals surface area contributed by atoms with Gasteiger partial charge in [-0.05, 0) is 31.2 Å². The molecule has 0 heterocycles. The molecule has 21 heavy (non-hydrogen) atoms. The minimum absolute atomic E-state index is 0.123. The van der Waals surface area contributed by atoms with E-state index in [0.29, 0.717) is 12.4 Å². The largest absolute Gasteiger partial charge is 0.492 e. The fraction of sp³-hybridized carbons (Fsp3) is 0.200. The SMILES string of the molecule is CCOc1cccc(Oc2ccccc2C(F)(F)F)c1N. The summed E-state index contributed by atoms with van der Waals surface area (Å²) < 4.78 is 49.4. The first kappa shape index (κ1) is 15.0. The van der Waals surface area contributed by atoms with Gasteiger partial charge in [-0.3, -0.25) is 0 Å². The van der Waals surface area contributed by atoms with Crippen molar-refractivity contribution in [1.29, 1.82) is 0 Å². The number of nitrogens with two attached hydrogens (primary N) is 1. The second-order valence-electron chi connectivity index (χ2n) is 4.20. The van der Waals surface area contributed by atoms with E-state index in [1.54, 1.807) is 19.1 Å². The highest BCUT2D eigenvalue weighted by Gasteiger charge is 2.34. The van der Waals surface area contributed by atoms with E-state index in [-0.39, 0.29) is 17.2 Å². The van der Waals surface area contributed by atoms with E-state index in [1.807, 2.05) is 0 Å². The van der Waals surface area contributed by atoms with Gasteiger partial charge in [0.2, 0.25) is 0 Å². The van der Waals surface area contributed by atoms with Crippen molar-refractivity contribution in [1.82, 2.24) is 0 Å². The van der Waals surface area contributed by atoms with E-state index in [1.165, 1.54) is 24.3 Å². The summed E-state index contributed by atoms with van der Waals surface area (Å²) in [6.45, 7) is 2.18. The van der Waals surface area contributed by atoms with Crippen LogP contribution in [0.1, 0.15) is 12.5 Å². The topological polar surface area (TPSA) is 44.5 Å². The van der Waals surface area contributed by atoms with Crippen molar-refractivity contribution >= 4 is 5.69 Å². The predicted octanol–water partition coefficient (Wildman–Crippen LogP) is 4.48. The second-order valence-corrected chi connectivity index (χ2v) is 4.20. The van der Waals surface area contributed by atoms with Crippen LogP contribution in [0.15, 0.2) is 42.5 Å². The van der Waals surface area contributed by atoms with Gasteiger partial charge >= 0.3 is 6.18 Å². The number of hydrogen-bond acceptors (Lipinski definition) is 3. The summed E-state index contributed by atoms with van der Waals surface area (Å²) in [5.74, 6) is 0.197. The number of alkyl halides is 3. The van der Waals surface area contributed by atoms with E-state index in [9.17, 15) is 13.2 Å². The van der Waals surface area contributed by atoms with Crippen molar-refractivity contribution in [3.63, 3.8) is 0 Å². The third kappa shape index (κ3) is 3.39. The Morgan fingerprint density at radius 2 is 1.57 bits per heavy atom. The highest BCUT2D eigenvalue weighted by molar-refractivity contribution is 5.63. The number of para-hydroxylation sites is 2. The minimum atomic E-state index is -4.50. The molecule has 0 atom stereocenters. The lowest BCUT2D eigenvalue weighted by molar-refractivity contribution is -0.138. The van der Waals surface area contributed by atoms with E-state index in [2.05, 4.69) is 0 Å². The first-order chi connectivity index (χ1) is 9.93. The molecule has 0 unspecified atom stereocenters. The van der Waals surface area contributed by atoms with Gasteiger partial charge < -0.3 is 15.2 Å². The molecule has 0 radical (unpaired) electrons. The highest BCUT2D eigenvalue weighted by Crippen LogP contribution is 2.40. The van der Waals surface area contributed by atoms with Crippen LogP contribution in [-0.2, 0) is 6.18 Å². The van der Waals surface area contributed by atoms with E-state index >= 15 is 0 Å². The maximum Gasteiger partial charge on any atom is 0.419 e. The molecule has 3 nitrogen and oxygen atoms in total. The predicted molar refractivity (Wildman–Crippen MR) is 73.5 cm³/mol. The van der Waals surface area contributed by atoms with E-state index < -0.39 is 11.7 Å². The molecule has 0 saturated heterocycles. The summed E-state index contributed by atoms with van der Waals surface area (Å²) in [5, 5.41) is 0. The lowest BCUT2D eigenvalue weighted by Crippen LogP contribution is -2.07. The number of ether oxygens (including phenoxy) is 2. The molecule has 2 aromatic carbocycles. The van der Waals surface area contributed by atoms with Crippen LogP contribution in [0.5, 0.6) is 17.2 Å². The van der Waals surface area contributed by atoms with Crippen molar-refractivity contribution in [3.8, 4) is 17.2 Å². The maximum absolute atomic E-state index is 12.9. The number of rotatable bonds is 4. The molecule has 2 rings (SSSR count). The van der Waals surface area contributed by atoms with Gasteiger partial charge in [-0.1, -0.05) is 18.2 Å². The Hall–Kier alpha value is -2.37. The Morgan fingerprint density at radius 3 is 2.24 bits per heavy atom. The third-order valence-electron chi connectivity index (χ3n) is 2.74. The smallest absolute Gasteiger partial charge is 0.419 e. The molecule has 0 aliphatic carbocycles. The summed E-state index contributed by atoms with van der Waals surface area (Å²) in [6, 6.07) is 9.69. The number of nitrogen functional groups attached to an aromatic ring is 1. The van der Waals surface area contributed by atoms with Crippen LogP contribution in [0.2, 0.25) is 0 Å². The van der Waals surface area contributed by atoms with Gasteiger partial charge in [0.15, 0.2) is 5.75 Å². The van der Waals surface area contributed by atoms with Crippen LogP contribution in [-0.4, -0.2) is 6.61 Å². The molecule has 2 aromatic rings. The Labute approximate surface area is 120 Å². The Bertz CT molecular complexity index is 627. The number of anilines is 1. The zero-order chi connectivity index (χ0) is 15.5. The van der Waals surface area contributed by atoms with Crippen LogP contribution >= 0.6 is 0 Å². The Morgan fingerprint density at radius 1 is 0.952 bits per heavy atom. The van der Waals surface area contributed by atoms with Crippen LogP contribution < -0.4 is 15.2 Å². The molecular formula is C15H14F3NO2. The third-order valence-corrected chi connectivity index (χ3v) is 2.74. The number of benzene rings is 2. The molecule has 112 valence electrons. The van der Waals surface area contributed by atoms with Gasteiger partial charge in [0.05, 0.1) is 12.2 Å². The zero-order valence-electron chi connectivity index (χ0n) is 11.3. The summed E-state index contributed by atoms with van der Waals surface area (Å²) in [7, 11) is 0. The van der Waals surface area contributed by atoms with Crippen LogP contribution in [0.3, 0.4) is 0 Å². The highest BCUT2D eigenvalue weighted by atomic mass is 19.4. The molecule has 0 saturated carbocycles. The molecule has 0 aromatic heterocycles. The first-order valence-corrected chi connectivity index (χ1v) is 6.29. The first-order valence-electron chi connectivity index (χ1n) is 6.29. The average molecular weight is 297 g/mol. The molecular weight excluding hydrogens is 283 g/mol. The molecule has 6 heteroatoms. The van der Waals surface area contributed by atoms with Crippen molar-refractivity contribution in [2.45, 2.75) is 13.1 Å².